The standard InChI is InChI=1S/C19H11ClF3N3O3/c20-12-3-6-14(16(9-12)29-18(28)15-10-24-7-8-25-15)17(27)26-13-4-1-11(2-5-13)19(21,22)23/h1-10H,(H,26,27). The van der Waals surface area contributed by atoms with E-state index in [0.29, 0.717) is 0 Å². The smallest absolute Gasteiger partial charge is 0.416 e. The molecule has 3 aromatic rings. The molecular weight excluding hydrogens is 411 g/mol. The number of carbonyl (C=O) groups excluding carboxylic acids is 2. The quantitative estimate of drug-likeness (QED) is 0.491. The monoisotopic (exact) mass is 421 g/mol. The Hall–Kier alpha value is -3.46. The highest BCUT2D eigenvalue weighted by molar-refractivity contribution is 6.31. The number of rotatable bonds is 4. The number of amides is 1. The van der Waals surface area contributed by atoms with Crippen molar-refractivity contribution in [2.75, 3.05) is 5.32 Å². The fourth-order valence-electron chi connectivity index (χ4n) is 2.27. The van der Waals surface area contributed by atoms with Crippen molar-refractivity contribution in [1.29, 1.82) is 0 Å². The summed E-state index contributed by atoms with van der Waals surface area (Å²) in [7, 11) is 0. The Morgan fingerprint density at radius 1 is 1.03 bits per heavy atom. The van der Waals surface area contributed by atoms with E-state index in [1.165, 1.54) is 36.8 Å². The fraction of sp³-hybridized carbons (Fsp3) is 0.0526. The third kappa shape index (κ3) is 5.08. The number of ether oxygens (including phenoxy) is 1. The maximum Gasteiger partial charge on any atom is 0.416 e. The van der Waals surface area contributed by atoms with Crippen LogP contribution in [0.4, 0.5) is 18.9 Å². The van der Waals surface area contributed by atoms with E-state index in [1.807, 2.05) is 0 Å². The molecule has 1 aromatic heterocycles. The van der Waals surface area contributed by atoms with Gasteiger partial charge in [-0.15, -0.1) is 0 Å². The Labute approximate surface area is 167 Å². The van der Waals surface area contributed by atoms with Gasteiger partial charge in [-0.25, -0.2) is 9.78 Å². The van der Waals surface area contributed by atoms with E-state index in [1.54, 1.807) is 0 Å². The van der Waals surface area contributed by atoms with E-state index in [4.69, 9.17) is 16.3 Å². The average Bonchev–Trinajstić information content (AvgIpc) is 2.68. The van der Waals surface area contributed by atoms with E-state index in [-0.39, 0.29) is 27.7 Å². The summed E-state index contributed by atoms with van der Waals surface area (Å²) in [4.78, 5) is 32.3. The highest BCUT2D eigenvalue weighted by atomic mass is 35.5. The van der Waals surface area contributed by atoms with Gasteiger partial charge in [-0.2, -0.15) is 13.2 Å². The SMILES string of the molecule is O=C(Oc1cc(Cl)ccc1C(=O)Nc1ccc(C(F)(F)F)cc1)c1cnccn1. The van der Waals surface area contributed by atoms with E-state index in [0.717, 1.165) is 24.3 Å². The summed E-state index contributed by atoms with van der Waals surface area (Å²) < 4.78 is 43.1. The lowest BCUT2D eigenvalue weighted by molar-refractivity contribution is -0.137. The van der Waals surface area contributed by atoms with Crippen molar-refractivity contribution in [3.8, 4) is 5.75 Å². The molecule has 29 heavy (non-hydrogen) atoms. The summed E-state index contributed by atoms with van der Waals surface area (Å²) in [6.45, 7) is 0. The average molecular weight is 422 g/mol. The minimum atomic E-state index is -4.49. The van der Waals surface area contributed by atoms with Crippen LogP contribution in [0.5, 0.6) is 5.75 Å². The van der Waals surface area contributed by atoms with Crippen LogP contribution in [0.2, 0.25) is 5.02 Å². The Morgan fingerprint density at radius 3 is 2.38 bits per heavy atom. The van der Waals surface area contributed by atoms with E-state index >= 15 is 0 Å². The highest BCUT2D eigenvalue weighted by Gasteiger charge is 2.30. The number of esters is 1. The Bertz CT molecular complexity index is 1040. The molecule has 3 rings (SSSR count). The van der Waals surface area contributed by atoms with Crippen molar-refractivity contribution in [3.05, 3.63) is 82.9 Å². The molecule has 10 heteroatoms. The molecule has 0 aliphatic heterocycles. The predicted molar refractivity (Wildman–Crippen MR) is 97.8 cm³/mol. The molecule has 0 saturated heterocycles. The second kappa shape index (κ2) is 8.27. The summed E-state index contributed by atoms with van der Waals surface area (Å²) in [5, 5.41) is 2.65. The van der Waals surface area contributed by atoms with Crippen LogP contribution in [0, 0.1) is 0 Å². The van der Waals surface area contributed by atoms with Crippen molar-refractivity contribution in [2.45, 2.75) is 6.18 Å². The third-order valence-corrected chi connectivity index (χ3v) is 3.87. The van der Waals surface area contributed by atoms with Crippen LogP contribution >= 0.6 is 11.6 Å². The molecule has 6 nitrogen and oxygen atoms in total. The number of aromatic nitrogens is 2. The Morgan fingerprint density at radius 2 is 1.76 bits per heavy atom. The van der Waals surface area contributed by atoms with Crippen molar-refractivity contribution in [1.82, 2.24) is 9.97 Å². The summed E-state index contributed by atoms with van der Waals surface area (Å²) in [6, 6.07) is 7.89. The van der Waals surface area contributed by atoms with Crippen LogP contribution < -0.4 is 10.1 Å². The largest absolute Gasteiger partial charge is 0.421 e. The van der Waals surface area contributed by atoms with Gasteiger partial charge in [-0.05, 0) is 36.4 Å². The van der Waals surface area contributed by atoms with Gasteiger partial charge in [0.2, 0.25) is 0 Å². The molecular formula is C19H11ClF3N3O3. The first-order valence-corrected chi connectivity index (χ1v) is 8.38. The first kappa shape index (κ1) is 20.3. The summed E-state index contributed by atoms with van der Waals surface area (Å²) in [5.74, 6) is -1.70. The second-order valence-electron chi connectivity index (χ2n) is 5.65. The number of anilines is 1. The number of alkyl halides is 3. The number of hydrogen-bond acceptors (Lipinski definition) is 5. The first-order chi connectivity index (χ1) is 13.7. The van der Waals surface area contributed by atoms with Gasteiger partial charge in [0.1, 0.15) is 5.75 Å². The Kier molecular flexibility index (Phi) is 5.79. The predicted octanol–water partition coefficient (Wildman–Crippen LogP) is 4.62. The highest BCUT2D eigenvalue weighted by Crippen LogP contribution is 2.30. The lowest BCUT2D eigenvalue weighted by Gasteiger charge is -2.12. The molecule has 0 aliphatic rings. The summed E-state index contributed by atoms with van der Waals surface area (Å²) in [6.07, 6.45) is -0.624. The normalized spacial score (nSPS) is 11.0. The van der Waals surface area contributed by atoms with Gasteiger partial charge in [0.05, 0.1) is 17.3 Å². The lowest BCUT2D eigenvalue weighted by Crippen LogP contribution is -2.17. The first-order valence-electron chi connectivity index (χ1n) is 8.00. The van der Waals surface area contributed by atoms with Crippen molar-refractivity contribution >= 4 is 29.2 Å². The van der Waals surface area contributed by atoms with E-state index in [2.05, 4.69) is 15.3 Å². The fourth-order valence-corrected chi connectivity index (χ4v) is 2.43. The molecule has 0 saturated carbocycles. The number of nitrogens with zero attached hydrogens (tertiary/aromatic N) is 2. The molecule has 1 amide bonds. The summed E-state index contributed by atoms with van der Waals surface area (Å²) in [5.41, 5.74) is -0.849. The number of hydrogen-bond donors (Lipinski definition) is 1. The van der Waals surface area contributed by atoms with E-state index < -0.39 is 23.6 Å². The van der Waals surface area contributed by atoms with Crippen LogP contribution in [-0.2, 0) is 6.18 Å². The molecule has 0 fully saturated rings. The Balaban J connectivity index is 1.81. The minimum Gasteiger partial charge on any atom is -0.421 e. The van der Waals surface area contributed by atoms with Gasteiger partial charge in [0.25, 0.3) is 5.91 Å². The van der Waals surface area contributed by atoms with Crippen LogP contribution in [0.3, 0.4) is 0 Å². The second-order valence-corrected chi connectivity index (χ2v) is 6.09. The topological polar surface area (TPSA) is 81.2 Å². The molecule has 148 valence electrons. The zero-order chi connectivity index (χ0) is 21.0. The van der Waals surface area contributed by atoms with Gasteiger partial charge in [-0.3, -0.25) is 9.78 Å². The van der Waals surface area contributed by atoms with Crippen LogP contribution in [0.1, 0.15) is 26.4 Å². The number of carbonyl (C=O) groups is 2. The van der Waals surface area contributed by atoms with Crippen LogP contribution in [0.25, 0.3) is 0 Å². The molecule has 0 bridgehead atoms. The van der Waals surface area contributed by atoms with Crippen molar-refractivity contribution in [2.24, 2.45) is 0 Å². The molecule has 0 spiro atoms. The van der Waals surface area contributed by atoms with Crippen molar-refractivity contribution < 1.29 is 27.5 Å². The van der Waals surface area contributed by atoms with Crippen LogP contribution in [-0.4, -0.2) is 21.8 Å². The molecule has 1 heterocycles. The minimum absolute atomic E-state index is 0.0495. The zero-order valence-corrected chi connectivity index (χ0v) is 15.2. The third-order valence-electron chi connectivity index (χ3n) is 3.63. The maximum atomic E-state index is 12.6. The molecule has 0 unspecified atom stereocenters. The van der Waals surface area contributed by atoms with Gasteiger partial charge >= 0.3 is 12.1 Å². The maximum absolute atomic E-state index is 12.6. The van der Waals surface area contributed by atoms with Gasteiger partial charge in [0.15, 0.2) is 5.69 Å². The van der Waals surface area contributed by atoms with Crippen LogP contribution in [0.15, 0.2) is 61.1 Å². The lowest BCUT2D eigenvalue weighted by atomic mass is 10.1. The molecule has 2 aromatic carbocycles. The summed E-state index contributed by atoms with van der Waals surface area (Å²) >= 11 is 5.91. The molecule has 1 N–H and O–H groups in total. The van der Waals surface area contributed by atoms with E-state index in [9.17, 15) is 22.8 Å². The molecule has 0 radical (unpaired) electrons. The van der Waals surface area contributed by atoms with Crippen molar-refractivity contribution in [3.63, 3.8) is 0 Å². The zero-order valence-electron chi connectivity index (χ0n) is 14.4. The number of nitrogens with one attached hydrogen (secondary N) is 1. The molecule has 0 aliphatic carbocycles. The number of benzene rings is 2. The molecule has 0 atom stereocenters. The van der Waals surface area contributed by atoms with Gasteiger partial charge in [-0.1, -0.05) is 11.6 Å². The van der Waals surface area contributed by atoms with Gasteiger partial charge < -0.3 is 10.1 Å². The number of halogens is 4. The van der Waals surface area contributed by atoms with Gasteiger partial charge in [0, 0.05) is 29.2 Å².